The summed E-state index contributed by atoms with van der Waals surface area (Å²) in [5.41, 5.74) is 2.52. The lowest BCUT2D eigenvalue weighted by Crippen LogP contribution is -2.28. The van der Waals surface area contributed by atoms with E-state index in [-0.39, 0.29) is 5.91 Å². The minimum atomic E-state index is 0.263. The highest BCUT2D eigenvalue weighted by atomic mass is 16.5. The lowest BCUT2D eigenvalue weighted by Gasteiger charge is -2.17. The maximum Gasteiger partial charge on any atom is 0.222 e. The molecule has 1 aliphatic heterocycles. The van der Waals surface area contributed by atoms with E-state index in [1.165, 1.54) is 11.1 Å². The lowest BCUT2D eigenvalue weighted by molar-refractivity contribution is -0.130. The average molecular weight is 309 g/mol. The second-order valence-corrected chi connectivity index (χ2v) is 6.08. The second kappa shape index (κ2) is 7.32. The Kier molecular flexibility index (Phi) is 4.96. The van der Waals surface area contributed by atoms with Crippen LogP contribution in [0.4, 0.5) is 0 Å². The van der Waals surface area contributed by atoms with Gasteiger partial charge in [0.25, 0.3) is 0 Å². The number of carbonyl (C=O) groups excluding carboxylic acids is 1. The first kappa shape index (κ1) is 15.6. The van der Waals surface area contributed by atoms with Crippen molar-refractivity contribution >= 4 is 5.91 Å². The first-order chi connectivity index (χ1) is 11.3. The van der Waals surface area contributed by atoms with Crippen molar-refractivity contribution in [3.8, 4) is 5.75 Å². The maximum atomic E-state index is 12.4. The highest BCUT2D eigenvalue weighted by Crippen LogP contribution is 2.27. The predicted molar refractivity (Wildman–Crippen MR) is 91.7 cm³/mol. The van der Waals surface area contributed by atoms with E-state index in [9.17, 15) is 4.79 Å². The van der Waals surface area contributed by atoms with Gasteiger partial charge < -0.3 is 9.64 Å². The minimum Gasteiger partial charge on any atom is -0.497 e. The molecular formula is C20H23NO2. The summed E-state index contributed by atoms with van der Waals surface area (Å²) in [6, 6.07) is 18.5. The van der Waals surface area contributed by atoms with Crippen molar-refractivity contribution in [3.05, 3.63) is 65.7 Å². The topological polar surface area (TPSA) is 29.5 Å². The van der Waals surface area contributed by atoms with Crippen LogP contribution in [-0.4, -0.2) is 31.0 Å². The average Bonchev–Trinajstić information content (AvgIpc) is 3.11. The molecule has 1 saturated heterocycles. The summed E-state index contributed by atoms with van der Waals surface area (Å²) in [6.45, 7) is 1.73. The van der Waals surface area contributed by atoms with Gasteiger partial charge in [-0.15, -0.1) is 0 Å². The third-order valence-corrected chi connectivity index (χ3v) is 4.60. The number of methoxy groups -OCH3 is 1. The van der Waals surface area contributed by atoms with Crippen molar-refractivity contribution in [2.45, 2.75) is 25.2 Å². The van der Waals surface area contributed by atoms with Crippen LogP contribution in [0.2, 0.25) is 0 Å². The van der Waals surface area contributed by atoms with Crippen LogP contribution in [0.1, 0.15) is 29.9 Å². The van der Waals surface area contributed by atoms with Gasteiger partial charge in [0.1, 0.15) is 5.75 Å². The fraction of sp³-hybridized carbons (Fsp3) is 0.350. The van der Waals surface area contributed by atoms with Crippen LogP contribution in [0, 0.1) is 0 Å². The van der Waals surface area contributed by atoms with Crippen LogP contribution in [-0.2, 0) is 11.2 Å². The van der Waals surface area contributed by atoms with Gasteiger partial charge in [0.05, 0.1) is 7.11 Å². The van der Waals surface area contributed by atoms with Gasteiger partial charge in [-0.2, -0.15) is 0 Å². The fourth-order valence-electron chi connectivity index (χ4n) is 3.19. The molecule has 1 atom stereocenters. The van der Waals surface area contributed by atoms with Gasteiger partial charge in [-0.3, -0.25) is 4.79 Å². The number of aryl methyl sites for hydroxylation is 1. The predicted octanol–water partition coefficient (Wildman–Crippen LogP) is 3.64. The van der Waals surface area contributed by atoms with Crippen molar-refractivity contribution in [2.75, 3.05) is 20.2 Å². The molecule has 120 valence electrons. The van der Waals surface area contributed by atoms with Crippen molar-refractivity contribution < 1.29 is 9.53 Å². The molecule has 3 heteroatoms. The molecule has 1 aliphatic rings. The molecule has 0 radical (unpaired) electrons. The van der Waals surface area contributed by atoms with Gasteiger partial charge in [0, 0.05) is 25.4 Å². The number of hydrogen-bond donors (Lipinski definition) is 0. The molecule has 1 unspecified atom stereocenters. The molecule has 0 spiro atoms. The summed E-state index contributed by atoms with van der Waals surface area (Å²) in [4.78, 5) is 14.4. The van der Waals surface area contributed by atoms with Gasteiger partial charge in [-0.1, -0.05) is 42.5 Å². The van der Waals surface area contributed by atoms with E-state index in [1.54, 1.807) is 7.11 Å². The number of nitrogens with zero attached hydrogens (tertiary/aromatic N) is 1. The summed E-state index contributed by atoms with van der Waals surface area (Å²) in [5, 5.41) is 0. The molecule has 1 amide bonds. The Hall–Kier alpha value is -2.29. The lowest BCUT2D eigenvalue weighted by atomic mass is 9.99. The van der Waals surface area contributed by atoms with Crippen molar-refractivity contribution in [1.29, 1.82) is 0 Å². The van der Waals surface area contributed by atoms with E-state index in [4.69, 9.17) is 4.74 Å². The van der Waals surface area contributed by atoms with Gasteiger partial charge in [-0.05, 0) is 36.1 Å². The van der Waals surface area contributed by atoms with Crippen LogP contribution in [0.25, 0.3) is 0 Å². The second-order valence-electron chi connectivity index (χ2n) is 6.08. The molecule has 23 heavy (non-hydrogen) atoms. The number of rotatable bonds is 5. The first-order valence-corrected chi connectivity index (χ1v) is 8.22. The molecule has 2 aromatic rings. The molecule has 1 fully saturated rings. The van der Waals surface area contributed by atoms with Crippen LogP contribution >= 0.6 is 0 Å². The van der Waals surface area contributed by atoms with Crippen LogP contribution in [0.15, 0.2) is 54.6 Å². The van der Waals surface area contributed by atoms with Crippen molar-refractivity contribution in [1.82, 2.24) is 4.90 Å². The molecule has 1 heterocycles. The Morgan fingerprint density at radius 2 is 1.87 bits per heavy atom. The molecule has 0 saturated carbocycles. The third kappa shape index (κ3) is 3.92. The summed E-state index contributed by atoms with van der Waals surface area (Å²) >= 11 is 0. The Balaban J connectivity index is 1.51. The van der Waals surface area contributed by atoms with Crippen LogP contribution in [0.3, 0.4) is 0 Å². The molecule has 3 nitrogen and oxygen atoms in total. The molecular weight excluding hydrogens is 286 g/mol. The molecule has 0 aliphatic carbocycles. The van der Waals surface area contributed by atoms with Gasteiger partial charge in [0.15, 0.2) is 0 Å². The third-order valence-electron chi connectivity index (χ3n) is 4.60. The fourth-order valence-corrected chi connectivity index (χ4v) is 3.19. The number of benzene rings is 2. The number of ether oxygens (including phenoxy) is 1. The SMILES string of the molecule is COc1ccc(CCC(=O)N2CCC(c3ccccc3)C2)cc1. The maximum absolute atomic E-state index is 12.4. The largest absolute Gasteiger partial charge is 0.497 e. The summed E-state index contributed by atoms with van der Waals surface area (Å²) < 4.78 is 5.15. The quantitative estimate of drug-likeness (QED) is 0.844. The molecule has 0 N–H and O–H groups in total. The Labute approximate surface area is 137 Å². The van der Waals surface area contributed by atoms with Crippen molar-refractivity contribution in [2.24, 2.45) is 0 Å². The van der Waals surface area contributed by atoms with Gasteiger partial charge >= 0.3 is 0 Å². The number of hydrogen-bond acceptors (Lipinski definition) is 2. The summed E-state index contributed by atoms with van der Waals surface area (Å²) in [5.74, 6) is 1.60. The standard InChI is InChI=1S/C20H23NO2/c1-23-19-10-7-16(8-11-19)9-12-20(22)21-14-13-18(15-21)17-5-3-2-4-6-17/h2-8,10-11,18H,9,12-15H2,1H3. The zero-order valence-electron chi connectivity index (χ0n) is 13.6. The number of amides is 1. The number of likely N-dealkylation sites (tertiary alicyclic amines) is 1. The number of carbonyl (C=O) groups is 1. The molecule has 2 aromatic carbocycles. The zero-order valence-corrected chi connectivity index (χ0v) is 13.6. The van der Waals surface area contributed by atoms with E-state index in [0.29, 0.717) is 12.3 Å². The van der Waals surface area contributed by atoms with Crippen LogP contribution in [0.5, 0.6) is 5.75 Å². The molecule has 3 rings (SSSR count). The minimum absolute atomic E-state index is 0.263. The Morgan fingerprint density at radius 3 is 2.57 bits per heavy atom. The van der Waals surface area contributed by atoms with E-state index in [2.05, 4.69) is 24.3 Å². The van der Waals surface area contributed by atoms with Crippen molar-refractivity contribution in [3.63, 3.8) is 0 Å². The molecule has 0 bridgehead atoms. The Bertz CT molecular complexity index is 636. The van der Waals surface area contributed by atoms with E-state index >= 15 is 0 Å². The highest BCUT2D eigenvalue weighted by molar-refractivity contribution is 5.76. The van der Waals surface area contributed by atoms with Gasteiger partial charge in [0.2, 0.25) is 5.91 Å². The molecule has 0 aromatic heterocycles. The summed E-state index contributed by atoms with van der Waals surface area (Å²) in [7, 11) is 1.66. The normalized spacial score (nSPS) is 17.3. The van der Waals surface area contributed by atoms with E-state index in [1.807, 2.05) is 35.2 Å². The Morgan fingerprint density at radius 1 is 1.13 bits per heavy atom. The first-order valence-electron chi connectivity index (χ1n) is 8.22. The highest BCUT2D eigenvalue weighted by Gasteiger charge is 2.26. The smallest absolute Gasteiger partial charge is 0.222 e. The monoisotopic (exact) mass is 309 g/mol. The van der Waals surface area contributed by atoms with Crippen LogP contribution < -0.4 is 4.74 Å². The zero-order chi connectivity index (χ0) is 16.1. The summed E-state index contributed by atoms with van der Waals surface area (Å²) in [6.07, 6.45) is 2.43. The van der Waals surface area contributed by atoms with E-state index < -0.39 is 0 Å². The van der Waals surface area contributed by atoms with Gasteiger partial charge in [-0.25, -0.2) is 0 Å². The van der Waals surface area contributed by atoms with E-state index in [0.717, 1.165) is 31.7 Å².